The molecule has 232 valence electrons. The molecule has 1 saturated heterocycles. The molecular formula is C24H31N9O7S3. The minimum Gasteiger partial charge on any atom is -0.481 e. The third kappa shape index (κ3) is 7.23. The highest BCUT2D eigenvalue weighted by atomic mass is 32.2. The van der Waals surface area contributed by atoms with Gasteiger partial charge in [0.15, 0.2) is 16.0 Å². The Bertz CT molecular complexity index is 1430. The summed E-state index contributed by atoms with van der Waals surface area (Å²) >= 11 is 3.68. The summed E-state index contributed by atoms with van der Waals surface area (Å²) in [6.07, 6.45) is 0.406. The number of nitrogens with two attached hydrogens (primary N) is 2. The van der Waals surface area contributed by atoms with Crippen molar-refractivity contribution in [3.8, 4) is 0 Å². The number of amidine groups is 1. The van der Waals surface area contributed by atoms with Gasteiger partial charge in [-0.1, -0.05) is 23.8 Å². The van der Waals surface area contributed by atoms with Gasteiger partial charge in [-0.15, -0.1) is 23.1 Å². The second-order valence-corrected chi connectivity index (χ2v) is 12.5. The number of nitrogen functional groups attached to an aromatic ring is 1. The topological polar surface area (TPSA) is 238 Å². The van der Waals surface area contributed by atoms with Crippen LogP contribution in [0, 0.1) is 0 Å². The molecule has 43 heavy (non-hydrogen) atoms. The molecule has 16 nitrogen and oxygen atoms in total. The molecule has 3 aliphatic heterocycles. The van der Waals surface area contributed by atoms with Crippen molar-refractivity contribution < 1.29 is 34.2 Å². The summed E-state index contributed by atoms with van der Waals surface area (Å²) in [5.41, 5.74) is 11.9. The van der Waals surface area contributed by atoms with E-state index in [1.165, 1.54) is 40.7 Å². The lowest BCUT2D eigenvalue weighted by Crippen LogP contribution is -2.71. The van der Waals surface area contributed by atoms with Gasteiger partial charge in [0.2, 0.25) is 0 Å². The van der Waals surface area contributed by atoms with E-state index in [1.807, 2.05) is 18.9 Å². The number of nitrogens with zero attached hydrogens (tertiary/aromatic N) is 5. The first kappa shape index (κ1) is 32.1. The van der Waals surface area contributed by atoms with Crippen LogP contribution in [0.3, 0.4) is 0 Å². The maximum atomic E-state index is 13.2. The highest BCUT2D eigenvalue weighted by Gasteiger charge is 2.54. The zero-order valence-corrected chi connectivity index (χ0v) is 25.8. The van der Waals surface area contributed by atoms with E-state index in [0.29, 0.717) is 28.9 Å². The average molecular weight is 654 g/mol. The Morgan fingerprint density at radius 2 is 2.07 bits per heavy atom. The average Bonchev–Trinajstić information content (AvgIpc) is 3.37. The van der Waals surface area contributed by atoms with Crippen molar-refractivity contribution in [2.45, 2.75) is 44.0 Å². The normalized spacial score (nSPS) is 22.7. The van der Waals surface area contributed by atoms with Gasteiger partial charge in [-0.05, 0) is 25.1 Å². The van der Waals surface area contributed by atoms with Crippen LogP contribution >= 0.6 is 34.9 Å². The third-order valence-electron chi connectivity index (χ3n) is 6.36. The zero-order valence-electron chi connectivity index (χ0n) is 23.3. The van der Waals surface area contributed by atoms with Gasteiger partial charge >= 0.3 is 11.9 Å². The predicted octanol–water partition coefficient (Wildman–Crippen LogP) is -0.182. The van der Waals surface area contributed by atoms with Crippen molar-refractivity contribution in [3.63, 3.8) is 0 Å². The quantitative estimate of drug-likeness (QED) is 0.0975. The Morgan fingerprint density at radius 1 is 1.33 bits per heavy atom. The van der Waals surface area contributed by atoms with Gasteiger partial charge in [0.25, 0.3) is 11.8 Å². The number of thiazole rings is 1. The Labute approximate surface area is 258 Å². The number of oxime groups is 1. The second-order valence-electron chi connectivity index (χ2n) is 9.53. The lowest BCUT2D eigenvalue weighted by molar-refractivity contribution is -0.150. The number of amides is 2. The number of thioether (sulfide) groups is 2. The number of β-lactam (4-membered cyclic amide) rings is 1. The number of aliphatic imine (C=N–C) groups is 1. The van der Waals surface area contributed by atoms with Gasteiger partial charge in [-0.2, -0.15) is 0 Å². The van der Waals surface area contributed by atoms with Crippen LogP contribution < -0.4 is 22.1 Å². The highest BCUT2D eigenvalue weighted by Crippen LogP contribution is 2.41. The molecule has 4 atom stereocenters. The Balaban J connectivity index is 1.48. The SMILES string of the molecule is CCNC1C=C(N)N=C(SCC2=C(C(=O)O)N3C(=O)C(NC(=O)/C(=N\OC(C)CC(=O)O)c4csc(N)n4)[C@@H]3SC2)N1C. The van der Waals surface area contributed by atoms with Gasteiger partial charge in [0.05, 0.1) is 6.42 Å². The maximum Gasteiger partial charge on any atom is 0.352 e. The summed E-state index contributed by atoms with van der Waals surface area (Å²) in [5, 5.41) is 30.3. The number of hydrogen-bond acceptors (Lipinski definition) is 15. The van der Waals surface area contributed by atoms with E-state index >= 15 is 0 Å². The number of carbonyl (C=O) groups is 4. The summed E-state index contributed by atoms with van der Waals surface area (Å²) in [7, 11) is 1.85. The molecule has 19 heteroatoms. The number of nitrogens with one attached hydrogen (secondary N) is 2. The van der Waals surface area contributed by atoms with Crippen LogP contribution in [-0.2, 0) is 24.0 Å². The molecule has 4 rings (SSSR count). The minimum absolute atomic E-state index is 0.0790. The second kappa shape index (κ2) is 13.7. The molecule has 3 unspecified atom stereocenters. The molecule has 1 aromatic heterocycles. The van der Waals surface area contributed by atoms with E-state index < -0.39 is 41.3 Å². The fraction of sp³-hybridized carbons (Fsp3) is 0.458. The molecule has 8 N–H and O–H groups in total. The third-order valence-corrected chi connectivity index (χ3v) is 9.51. The zero-order chi connectivity index (χ0) is 31.4. The first-order chi connectivity index (χ1) is 20.4. The van der Waals surface area contributed by atoms with Gasteiger partial charge < -0.3 is 36.7 Å². The number of carbonyl (C=O) groups excluding carboxylic acids is 2. The number of aromatic nitrogens is 1. The van der Waals surface area contributed by atoms with Crippen molar-refractivity contribution in [1.82, 2.24) is 25.4 Å². The first-order valence-corrected chi connectivity index (χ1v) is 15.8. The van der Waals surface area contributed by atoms with E-state index in [0.717, 1.165) is 11.3 Å². The van der Waals surface area contributed by atoms with Gasteiger partial charge in [0, 0.05) is 23.9 Å². The van der Waals surface area contributed by atoms with Crippen molar-refractivity contribution in [3.05, 3.63) is 34.2 Å². The largest absolute Gasteiger partial charge is 0.481 e. The van der Waals surface area contributed by atoms with Crippen LogP contribution in [0.1, 0.15) is 26.0 Å². The molecule has 0 spiro atoms. The van der Waals surface area contributed by atoms with Crippen molar-refractivity contribution >= 4 is 74.6 Å². The molecule has 0 saturated carbocycles. The molecule has 1 aromatic rings. The smallest absolute Gasteiger partial charge is 0.352 e. The number of hydrogen-bond donors (Lipinski definition) is 6. The van der Waals surface area contributed by atoms with Crippen LogP contribution in [-0.4, -0.2) is 108 Å². The Kier molecular flexibility index (Phi) is 10.2. The van der Waals surface area contributed by atoms with E-state index in [9.17, 15) is 24.3 Å². The van der Waals surface area contributed by atoms with Crippen LogP contribution in [0.15, 0.2) is 38.7 Å². The Morgan fingerprint density at radius 3 is 2.70 bits per heavy atom. The lowest BCUT2D eigenvalue weighted by Gasteiger charge is -2.49. The van der Waals surface area contributed by atoms with Gasteiger partial charge in [-0.3, -0.25) is 24.6 Å². The highest BCUT2D eigenvalue weighted by molar-refractivity contribution is 8.14. The summed E-state index contributed by atoms with van der Waals surface area (Å²) in [5.74, 6) is -2.89. The van der Waals surface area contributed by atoms with Crippen LogP contribution in [0.2, 0.25) is 0 Å². The molecule has 2 amide bonds. The van der Waals surface area contributed by atoms with Crippen LogP contribution in [0.4, 0.5) is 5.13 Å². The summed E-state index contributed by atoms with van der Waals surface area (Å²) in [6.45, 7) is 4.14. The monoisotopic (exact) mass is 653 g/mol. The van der Waals surface area contributed by atoms with E-state index in [4.69, 9.17) is 21.4 Å². The molecular weight excluding hydrogens is 623 g/mol. The molecule has 4 heterocycles. The maximum absolute atomic E-state index is 13.2. The number of aliphatic carboxylic acids is 2. The fourth-order valence-corrected chi connectivity index (χ4v) is 7.39. The molecule has 1 fully saturated rings. The number of anilines is 1. The molecule has 0 bridgehead atoms. The van der Waals surface area contributed by atoms with E-state index in [2.05, 4.69) is 25.8 Å². The fourth-order valence-electron chi connectivity index (χ4n) is 4.34. The van der Waals surface area contributed by atoms with Crippen LogP contribution in [0.25, 0.3) is 0 Å². The lowest BCUT2D eigenvalue weighted by atomic mass is 10.0. The number of carboxylic acid groups (broad SMARTS) is 2. The van der Waals surface area contributed by atoms with Crippen molar-refractivity contribution in [1.29, 1.82) is 0 Å². The summed E-state index contributed by atoms with van der Waals surface area (Å²) in [6, 6.07) is -1.04. The number of carboxylic acids is 2. The van der Waals surface area contributed by atoms with Crippen molar-refractivity contribution in [2.24, 2.45) is 15.9 Å². The van der Waals surface area contributed by atoms with E-state index in [1.54, 1.807) is 6.08 Å². The molecule has 3 aliphatic rings. The van der Waals surface area contributed by atoms with Crippen LogP contribution in [0.5, 0.6) is 0 Å². The number of rotatable bonds is 12. The number of fused-ring (bicyclic) bond motifs is 1. The molecule has 0 radical (unpaired) electrons. The van der Waals surface area contributed by atoms with E-state index in [-0.39, 0.29) is 40.6 Å². The Hall–Kier alpha value is -3.81. The summed E-state index contributed by atoms with van der Waals surface area (Å²) < 4.78 is 0. The molecule has 0 aliphatic carbocycles. The first-order valence-electron chi connectivity index (χ1n) is 12.9. The molecule has 0 aromatic carbocycles. The van der Waals surface area contributed by atoms with Gasteiger partial charge in [-0.25, -0.2) is 14.8 Å². The number of likely N-dealkylation sites (N-methyl/N-ethyl adjacent to an activating group) is 2. The van der Waals surface area contributed by atoms with Gasteiger partial charge in [0.1, 0.15) is 40.9 Å². The summed E-state index contributed by atoms with van der Waals surface area (Å²) in [4.78, 5) is 66.4. The van der Waals surface area contributed by atoms with Crippen molar-refractivity contribution in [2.75, 3.05) is 30.8 Å². The standard InChI is InChI=1S/C24H31N9O7S3/c1-4-27-14-6-13(25)29-24(32(14)3)43-8-11-7-41-21-17(20(37)33(21)18(11)22(38)39)30-19(36)16(12-9-42-23(26)28-12)31-40-10(2)5-15(34)35/h6,9-10,14,17,21,27H,4-5,7-8,25H2,1-3H3,(H2,26,28)(H,30,36)(H,34,35)(H,38,39)/b31-16-/t10?,14?,17?,21-/m0/s1. The minimum atomic E-state index is -1.26. The predicted molar refractivity (Wildman–Crippen MR) is 163 cm³/mol.